The van der Waals surface area contributed by atoms with Crippen molar-refractivity contribution in [1.29, 1.82) is 0 Å². The Labute approximate surface area is 127 Å². The fourth-order valence-electron chi connectivity index (χ4n) is 2.98. The van der Waals surface area contributed by atoms with Gasteiger partial charge in [-0.2, -0.15) is 0 Å². The Morgan fingerprint density at radius 1 is 1.10 bits per heavy atom. The lowest BCUT2D eigenvalue weighted by Crippen LogP contribution is -2.17. The molecule has 1 aliphatic rings. The van der Waals surface area contributed by atoms with Crippen molar-refractivity contribution >= 4 is 32.1 Å². The van der Waals surface area contributed by atoms with Gasteiger partial charge in [0.05, 0.1) is 6.04 Å². The van der Waals surface area contributed by atoms with Gasteiger partial charge < -0.3 is 5.73 Å². The Morgan fingerprint density at radius 3 is 2.70 bits per heavy atom. The number of thiophene rings is 2. The largest absolute Gasteiger partial charge is 0.320 e. The summed E-state index contributed by atoms with van der Waals surface area (Å²) >= 11 is 3.64. The lowest BCUT2D eigenvalue weighted by Gasteiger charge is -2.29. The van der Waals surface area contributed by atoms with E-state index < -0.39 is 0 Å². The monoisotopic (exact) mass is 299 g/mol. The highest BCUT2D eigenvalue weighted by molar-refractivity contribution is 7.27. The van der Waals surface area contributed by atoms with Crippen molar-refractivity contribution in [3.05, 3.63) is 57.8 Å². The van der Waals surface area contributed by atoms with Gasteiger partial charge in [0.25, 0.3) is 0 Å². The highest BCUT2D eigenvalue weighted by atomic mass is 32.1. The van der Waals surface area contributed by atoms with Gasteiger partial charge in [0, 0.05) is 14.3 Å². The number of nitrogens with two attached hydrogens (primary N) is 1. The maximum absolute atomic E-state index is 6.57. The molecule has 0 amide bonds. The SMILES string of the molecule is NC(c1cc2sccc2s1)c1ccccc1C1CCC1. The summed E-state index contributed by atoms with van der Waals surface area (Å²) in [6, 6.07) is 13.2. The molecule has 0 radical (unpaired) electrons. The Balaban J connectivity index is 1.74. The van der Waals surface area contributed by atoms with Crippen LogP contribution in [0.2, 0.25) is 0 Å². The van der Waals surface area contributed by atoms with Crippen LogP contribution in [0.5, 0.6) is 0 Å². The van der Waals surface area contributed by atoms with E-state index in [1.54, 1.807) is 11.3 Å². The highest BCUT2D eigenvalue weighted by Crippen LogP contribution is 2.41. The molecule has 0 spiro atoms. The van der Waals surface area contributed by atoms with Gasteiger partial charge in [-0.1, -0.05) is 30.7 Å². The zero-order valence-corrected chi connectivity index (χ0v) is 12.8. The van der Waals surface area contributed by atoms with Gasteiger partial charge in [0.2, 0.25) is 0 Å². The van der Waals surface area contributed by atoms with E-state index >= 15 is 0 Å². The second-order valence-electron chi connectivity index (χ2n) is 5.53. The summed E-state index contributed by atoms with van der Waals surface area (Å²) in [7, 11) is 0. The number of rotatable bonds is 3. The van der Waals surface area contributed by atoms with Gasteiger partial charge >= 0.3 is 0 Å². The quantitative estimate of drug-likeness (QED) is 0.699. The molecule has 3 aromatic rings. The normalized spacial score (nSPS) is 17.2. The molecule has 0 bridgehead atoms. The van der Waals surface area contributed by atoms with E-state index in [2.05, 4.69) is 41.8 Å². The van der Waals surface area contributed by atoms with Crippen LogP contribution in [0.4, 0.5) is 0 Å². The van der Waals surface area contributed by atoms with E-state index in [0.717, 1.165) is 5.92 Å². The van der Waals surface area contributed by atoms with Crippen LogP contribution in [0, 0.1) is 0 Å². The zero-order chi connectivity index (χ0) is 13.5. The average molecular weight is 299 g/mol. The molecule has 1 aromatic carbocycles. The molecule has 4 rings (SSSR count). The molecule has 0 aliphatic heterocycles. The van der Waals surface area contributed by atoms with Gasteiger partial charge in [0.15, 0.2) is 0 Å². The Hall–Kier alpha value is -1.16. The van der Waals surface area contributed by atoms with Crippen LogP contribution >= 0.6 is 22.7 Å². The van der Waals surface area contributed by atoms with E-state index in [9.17, 15) is 0 Å². The van der Waals surface area contributed by atoms with Gasteiger partial charge in [-0.05, 0) is 47.4 Å². The van der Waals surface area contributed by atoms with E-state index in [1.165, 1.54) is 44.7 Å². The first-order chi connectivity index (χ1) is 9.83. The van der Waals surface area contributed by atoms with Gasteiger partial charge in [0.1, 0.15) is 0 Å². The second kappa shape index (κ2) is 4.99. The number of benzene rings is 1. The summed E-state index contributed by atoms with van der Waals surface area (Å²) in [6.07, 6.45) is 4.01. The van der Waals surface area contributed by atoms with Crippen LogP contribution in [0.25, 0.3) is 9.40 Å². The first-order valence-corrected chi connectivity index (χ1v) is 8.84. The smallest absolute Gasteiger partial charge is 0.0649 e. The second-order valence-corrected chi connectivity index (χ2v) is 7.60. The molecule has 1 nitrogen and oxygen atoms in total. The Bertz CT molecular complexity index is 708. The van der Waals surface area contributed by atoms with Crippen molar-refractivity contribution in [2.24, 2.45) is 5.73 Å². The van der Waals surface area contributed by atoms with Crippen LogP contribution < -0.4 is 5.73 Å². The van der Waals surface area contributed by atoms with Crippen molar-refractivity contribution in [3.8, 4) is 0 Å². The molecule has 1 saturated carbocycles. The number of hydrogen-bond acceptors (Lipinski definition) is 3. The van der Waals surface area contributed by atoms with Crippen molar-refractivity contribution in [1.82, 2.24) is 0 Å². The molecule has 3 heteroatoms. The molecule has 2 N–H and O–H groups in total. The Kier molecular flexibility index (Phi) is 3.14. The molecular formula is C17H17NS2. The van der Waals surface area contributed by atoms with E-state index in [0.29, 0.717) is 0 Å². The molecule has 2 heterocycles. The third-order valence-corrected chi connectivity index (χ3v) is 6.52. The van der Waals surface area contributed by atoms with Crippen LogP contribution in [-0.2, 0) is 0 Å². The first-order valence-electron chi connectivity index (χ1n) is 7.14. The minimum absolute atomic E-state index is 0.0244. The van der Waals surface area contributed by atoms with E-state index in [-0.39, 0.29) is 6.04 Å². The van der Waals surface area contributed by atoms with Gasteiger partial charge in [-0.15, -0.1) is 22.7 Å². The summed E-state index contributed by atoms with van der Waals surface area (Å²) < 4.78 is 2.73. The van der Waals surface area contributed by atoms with Crippen LogP contribution in [0.3, 0.4) is 0 Å². The number of hydrogen-bond donors (Lipinski definition) is 1. The third-order valence-electron chi connectivity index (χ3n) is 4.34. The van der Waals surface area contributed by atoms with Crippen molar-refractivity contribution < 1.29 is 0 Å². The maximum atomic E-state index is 6.57. The molecule has 1 aliphatic carbocycles. The first kappa shape index (κ1) is 12.6. The van der Waals surface area contributed by atoms with Crippen molar-refractivity contribution in [2.45, 2.75) is 31.2 Å². The van der Waals surface area contributed by atoms with E-state index in [4.69, 9.17) is 5.73 Å². The standard InChI is InChI=1S/C17H17NS2/c18-17(16-10-15-14(20-16)8-9-19-15)13-7-2-1-6-12(13)11-4-3-5-11/h1-2,6-11,17H,3-5,18H2. The van der Waals surface area contributed by atoms with Crippen LogP contribution in [-0.4, -0.2) is 0 Å². The van der Waals surface area contributed by atoms with Crippen molar-refractivity contribution in [3.63, 3.8) is 0 Å². The maximum Gasteiger partial charge on any atom is 0.0649 e. The summed E-state index contributed by atoms with van der Waals surface area (Å²) in [6.45, 7) is 0. The predicted molar refractivity (Wildman–Crippen MR) is 88.8 cm³/mol. The predicted octanol–water partition coefficient (Wildman–Crippen LogP) is 5.28. The summed E-state index contributed by atoms with van der Waals surface area (Å²) in [5.74, 6) is 0.735. The molecule has 1 unspecified atom stereocenters. The average Bonchev–Trinajstić information content (AvgIpc) is 2.97. The van der Waals surface area contributed by atoms with Crippen LogP contribution in [0.1, 0.15) is 47.2 Å². The molecule has 102 valence electrons. The fraction of sp³-hybridized carbons (Fsp3) is 0.294. The Morgan fingerprint density at radius 2 is 1.95 bits per heavy atom. The lowest BCUT2D eigenvalue weighted by atomic mass is 9.77. The van der Waals surface area contributed by atoms with E-state index in [1.807, 2.05) is 11.3 Å². The summed E-state index contributed by atoms with van der Waals surface area (Å²) in [4.78, 5) is 1.29. The fourth-order valence-corrected chi connectivity index (χ4v) is 5.12. The summed E-state index contributed by atoms with van der Waals surface area (Å²) in [5, 5.41) is 2.15. The molecular weight excluding hydrogens is 282 g/mol. The lowest BCUT2D eigenvalue weighted by molar-refractivity contribution is 0.416. The topological polar surface area (TPSA) is 26.0 Å². The molecule has 2 aromatic heterocycles. The zero-order valence-electron chi connectivity index (χ0n) is 11.2. The molecule has 20 heavy (non-hydrogen) atoms. The molecule has 1 fully saturated rings. The summed E-state index contributed by atoms with van der Waals surface area (Å²) in [5.41, 5.74) is 9.37. The van der Waals surface area contributed by atoms with Gasteiger partial charge in [-0.25, -0.2) is 0 Å². The number of fused-ring (bicyclic) bond motifs is 1. The molecule has 0 saturated heterocycles. The van der Waals surface area contributed by atoms with Crippen molar-refractivity contribution in [2.75, 3.05) is 0 Å². The van der Waals surface area contributed by atoms with Gasteiger partial charge in [-0.3, -0.25) is 0 Å². The van der Waals surface area contributed by atoms with Crippen LogP contribution in [0.15, 0.2) is 41.8 Å². The third kappa shape index (κ3) is 2.01. The highest BCUT2D eigenvalue weighted by Gasteiger charge is 2.24. The minimum Gasteiger partial charge on any atom is -0.320 e. The molecule has 1 atom stereocenters. The minimum atomic E-state index is 0.0244.